The molecule has 0 heterocycles. The van der Waals surface area contributed by atoms with Gasteiger partial charge in [0.25, 0.3) is 5.69 Å². The van der Waals surface area contributed by atoms with Crippen LogP contribution in [0.3, 0.4) is 0 Å². The highest BCUT2D eigenvalue weighted by Gasteiger charge is 2.10. The molecule has 0 radical (unpaired) electrons. The van der Waals surface area contributed by atoms with E-state index in [0.717, 1.165) is 19.6 Å². The normalized spacial score (nSPS) is 10.5. The lowest BCUT2D eigenvalue weighted by Gasteiger charge is -2.15. The van der Waals surface area contributed by atoms with Crippen LogP contribution in [-0.4, -0.2) is 43.1 Å². The molecule has 0 aromatic heterocycles. The SMILES string of the molecule is CCOc1cc(NCCN(C)CC)cc([N+](=O)[O-])c1. The first kappa shape index (κ1) is 15.2. The van der Waals surface area contributed by atoms with Gasteiger partial charge in [-0.1, -0.05) is 6.92 Å². The van der Waals surface area contributed by atoms with Gasteiger partial charge < -0.3 is 15.0 Å². The highest BCUT2D eigenvalue weighted by molar-refractivity contribution is 5.56. The maximum Gasteiger partial charge on any atom is 0.275 e. The van der Waals surface area contributed by atoms with Crippen LogP contribution in [-0.2, 0) is 0 Å². The number of nitro groups is 1. The lowest BCUT2D eigenvalue weighted by Crippen LogP contribution is -2.24. The van der Waals surface area contributed by atoms with E-state index in [-0.39, 0.29) is 5.69 Å². The van der Waals surface area contributed by atoms with Gasteiger partial charge in [0.2, 0.25) is 0 Å². The molecule has 0 saturated carbocycles. The summed E-state index contributed by atoms with van der Waals surface area (Å²) in [5.41, 5.74) is 0.749. The van der Waals surface area contributed by atoms with Crippen molar-refractivity contribution >= 4 is 11.4 Å². The summed E-state index contributed by atoms with van der Waals surface area (Å²) in [5, 5.41) is 14.0. The predicted molar refractivity (Wildman–Crippen MR) is 75.9 cm³/mol. The third-order valence-corrected chi connectivity index (χ3v) is 2.78. The van der Waals surface area contributed by atoms with Gasteiger partial charge in [-0.2, -0.15) is 0 Å². The van der Waals surface area contributed by atoms with Crippen molar-refractivity contribution in [2.45, 2.75) is 13.8 Å². The fraction of sp³-hybridized carbons (Fsp3) is 0.538. The molecule has 0 spiro atoms. The first-order valence-corrected chi connectivity index (χ1v) is 6.41. The quantitative estimate of drug-likeness (QED) is 0.578. The number of hydrogen-bond donors (Lipinski definition) is 1. The maximum atomic E-state index is 10.9. The number of nitrogens with zero attached hydrogens (tertiary/aromatic N) is 2. The van der Waals surface area contributed by atoms with Gasteiger partial charge in [0.15, 0.2) is 0 Å². The van der Waals surface area contributed by atoms with Crippen LogP contribution in [0, 0.1) is 10.1 Å². The van der Waals surface area contributed by atoms with E-state index in [2.05, 4.69) is 17.1 Å². The second-order valence-corrected chi connectivity index (χ2v) is 4.23. The molecule has 0 fully saturated rings. The molecule has 1 aromatic rings. The number of nitrogens with one attached hydrogen (secondary N) is 1. The van der Waals surface area contributed by atoms with Crippen LogP contribution in [0.5, 0.6) is 5.75 Å². The van der Waals surface area contributed by atoms with Gasteiger partial charge in [0.05, 0.1) is 17.6 Å². The van der Waals surface area contributed by atoms with Crippen LogP contribution in [0.1, 0.15) is 13.8 Å². The van der Waals surface area contributed by atoms with Gasteiger partial charge in [0.1, 0.15) is 5.75 Å². The number of nitro benzene ring substituents is 1. The Kier molecular flexibility index (Phi) is 6.08. The molecule has 0 aliphatic carbocycles. The van der Waals surface area contributed by atoms with Crippen LogP contribution in [0.4, 0.5) is 11.4 Å². The summed E-state index contributed by atoms with van der Waals surface area (Å²) >= 11 is 0. The number of benzene rings is 1. The number of hydrogen-bond acceptors (Lipinski definition) is 5. The van der Waals surface area contributed by atoms with Crippen molar-refractivity contribution in [2.75, 3.05) is 38.6 Å². The largest absolute Gasteiger partial charge is 0.494 e. The number of non-ortho nitro benzene ring substituents is 1. The third-order valence-electron chi connectivity index (χ3n) is 2.78. The minimum atomic E-state index is -0.411. The zero-order chi connectivity index (χ0) is 14.3. The van der Waals surface area contributed by atoms with Gasteiger partial charge in [-0.3, -0.25) is 10.1 Å². The monoisotopic (exact) mass is 267 g/mol. The second kappa shape index (κ2) is 7.58. The van der Waals surface area contributed by atoms with Gasteiger partial charge >= 0.3 is 0 Å². The minimum absolute atomic E-state index is 0.0392. The molecule has 0 saturated heterocycles. The Bertz CT molecular complexity index is 424. The fourth-order valence-corrected chi connectivity index (χ4v) is 1.59. The maximum absolute atomic E-state index is 10.9. The molecule has 0 bridgehead atoms. The van der Waals surface area contributed by atoms with Gasteiger partial charge in [-0.25, -0.2) is 0 Å². The summed E-state index contributed by atoms with van der Waals surface area (Å²) in [6.45, 7) is 7.00. The summed E-state index contributed by atoms with van der Waals surface area (Å²) in [5.74, 6) is 0.517. The first-order valence-electron chi connectivity index (χ1n) is 6.41. The van der Waals surface area contributed by atoms with Gasteiger partial charge in [-0.05, 0) is 20.5 Å². The van der Waals surface area contributed by atoms with E-state index < -0.39 is 4.92 Å². The summed E-state index contributed by atoms with van der Waals surface area (Å²) in [7, 11) is 2.03. The van der Waals surface area contributed by atoms with Crippen LogP contribution in [0.15, 0.2) is 18.2 Å². The number of ether oxygens (including phenoxy) is 1. The fourth-order valence-electron chi connectivity index (χ4n) is 1.59. The zero-order valence-corrected chi connectivity index (χ0v) is 11.7. The Labute approximate surface area is 113 Å². The van der Waals surface area contributed by atoms with Crippen LogP contribution in [0.25, 0.3) is 0 Å². The summed E-state index contributed by atoms with van der Waals surface area (Å²) in [6.07, 6.45) is 0. The molecule has 1 aromatic carbocycles. The number of rotatable bonds is 8. The molecule has 0 aliphatic heterocycles. The minimum Gasteiger partial charge on any atom is -0.494 e. The van der Waals surface area contributed by atoms with E-state index in [9.17, 15) is 10.1 Å². The zero-order valence-electron chi connectivity index (χ0n) is 11.7. The van der Waals surface area contributed by atoms with Crippen LogP contribution >= 0.6 is 0 Å². The van der Waals surface area contributed by atoms with Crippen molar-refractivity contribution in [2.24, 2.45) is 0 Å². The molecular weight excluding hydrogens is 246 g/mol. The Balaban J connectivity index is 2.73. The average molecular weight is 267 g/mol. The molecule has 106 valence electrons. The molecule has 1 N–H and O–H groups in total. The van der Waals surface area contributed by atoms with E-state index in [0.29, 0.717) is 18.0 Å². The van der Waals surface area contributed by atoms with E-state index in [1.807, 2.05) is 14.0 Å². The van der Waals surface area contributed by atoms with E-state index in [1.165, 1.54) is 12.1 Å². The standard InChI is InChI=1S/C13H21N3O3/c1-4-15(3)7-6-14-11-8-12(16(17)18)10-13(9-11)19-5-2/h8-10,14H,4-7H2,1-3H3. The van der Waals surface area contributed by atoms with Gasteiger partial charge in [0, 0.05) is 30.9 Å². The topological polar surface area (TPSA) is 67.6 Å². The average Bonchev–Trinajstić information content (AvgIpc) is 2.38. The van der Waals surface area contributed by atoms with Crippen molar-refractivity contribution < 1.29 is 9.66 Å². The van der Waals surface area contributed by atoms with E-state index in [4.69, 9.17) is 4.74 Å². The number of likely N-dealkylation sites (N-methyl/N-ethyl adjacent to an activating group) is 1. The molecule has 19 heavy (non-hydrogen) atoms. The first-order chi connectivity index (χ1) is 9.06. The Hall–Kier alpha value is -1.82. The highest BCUT2D eigenvalue weighted by Crippen LogP contribution is 2.25. The van der Waals surface area contributed by atoms with Crippen LogP contribution < -0.4 is 10.1 Å². The highest BCUT2D eigenvalue weighted by atomic mass is 16.6. The smallest absolute Gasteiger partial charge is 0.275 e. The van der Waals surface area contributed by atoms with Crippen molar-refractivity contribution in [3.63, 3.8) is 0 Å². The Morgan fingerprint density at radius 3 is 2.68 bits per heavy atom. The molecule has 1 rings (SSSR count). The molecule has 0 atom stereocenters. The Morgan fingerprint density at radius 1 is 1.37 bits per heavy atom. The summed E-state index contributed by atoms with van der Waals surface area (Å²) in [6, 6.07) is 4.74. The predicted octanol–water partition coefficient (Wildman–Crippen LogP) is 2.36. The lowest BCUT2D eigenvalue weighted by atomic mass is 10.2. The van der Waals surface area contributed by atoms with E-state index >= 15 is 0 Å². The molecule has 6 nitrogen and oxygen atoms in total. The van der Waals surface area contributed by atoms with Crippen LogP contribution in [0.2, 0.25) is 0 Å². The summed E-state index contributed by atoms with van der Waals surface area (Å²) in [4.78, 5) is 12.6. The van der Waals surface area contributed by atoms with Gasteiger partial charge in [-0.15, -0.1) is 0 Å². The van der Waals surface area contributed by atoms with E-state index in [1.54, 1.807) is 6.07 Å². The summed E-state index contributed by atoms with van der Waals surface area (Å²) < 4.78 is 5.33. The molecular formula is C13H21N3O3. The van der Waals surface area contributed by atoms with Crippen molar-refractivity contribution in [3.05, 3.63) is 28.3 Å². The second-order valence-electron chi connectivity index (χ2n) is 4.23. The molecule has 0 amide bonds. The Morgan fingerprint density at radius 2 is 2.11 bits per heavy atom. The lowest BCUT2D eigenvalue weighted by molar-refractivity contribution is -0.384. The molecule has 0 aliphatic rings. The molecule has 6 heteroatoms. The number of anilines is 1. The van der Waals surface area contributed by atoms with Crippen molar-refractivity contribution in [1.29, 1.82) is 0 Å². The van der Waals surface area contributed by atoms with Crippen molar-refractivity contribution in [1.82, 2.24) is 4.90 Å². The third kappa shape index (κ3) is 5.13. The molecule has 0 unspecified atom stereocenters. The van der Waals surface area contributed by atoms with Crippen molar-refractivity contribution in [3.8, 4) is 5.75 Å².